The summed E-state index contributed by atoms with van der Waals surface area (Å²) in [5, 5.41) is 0. The van der Waals surface area contributed by atoms with Crippen molar-refractivity contribution in [2.24, 2.45) is 0 Å². The van der Waals surface area contributed by atoms with E-state index in [0.717, 1.165) is 25.1 Å². The molecule has 0 aliphatic carbocycles. The molecule has 2 aliphatic rings. The molecule has 2 N–H and O–H groups in total. The minimum atomic E-state index is -0.0127. The van der Waals surface area contributed by atoms with Crippen LogP contribution in [0.5, 0.6) is 0 Å². The molecule has 1 aromatic heterocycles. The highest BCUT2D eigenvalue weighted by Gasteiger charge is 2.34. The SMILES string of the molecule is Nc1ccc(N2CCN3C=CCCC3C2=O)cn1. The number of pyridine rings is 1. The number of fused-ring (bicyclic) bond motifs is 1. The molecule has 0 aromatic carbocycles. The topological polar surface area (TPSA) is 62.5 Å². The number of amides is 1. The van der Waals surface area contributed by atoms with Gasteiger partial charge in [0, 0.05) is 13.1 Å². The fraction of sp³-hybridized carbons (Fsp3) is 0.385. The zero-order chi connectivity index (χ0) is 12.5. The smallest absolute Gasteiger partial charge is 0.249 e. The van der Waals surface area contributed by atoms with E-state index in [-0.39, 0.29) is 11.9 Å². The standard InChI is InChI=1S/C13H16N4O/c14-12-5-4-10(9-15-12)17-8-7-16-6-2-1-3-11(16)13(17)18/h2,4-6,9,11H,1,3,7-8H2,(H2,14,15). The summed E-state index contributed by atoms with van der Waals surface area (Å²) in [7, 11) is 0. The predicted molar refractivity (Wildman–Crippen MR) is 69.9 cm³/mol. The highest BCUT2D eigenvalue weighted by molar-refractivity contribution is 5.98. The summed E-state index contributed by atoms with van der Waals surface area (Å²) in [4.78, 5) is 20.4. The van der Waals surface area contributed by atoms with Gasteiger partial charge in [0.25, 0.3) is 0 Å². The summed E-state index contributed by atoms with van der Waals surface area (Å²) < 4.78 is 0. The van der Waals surface area contributed by atoms with Crippen LogP contribution >= 0.6 is 0 Å². The fourth-order valence-electron chi connectivity index (χ4n) is 2.55. The maximum absolute atomic E-state index is 12.4. The van der Waals surface area contributed by atoms with Crippen LogP contribution in [0, 0.1) is 0 Å². The van der Waals surface area contributed by atoms with Crippen molar-refractivity contribution in [3.05, 3.63) is 30.6 Å². The molecule has 5 nitrogen and oxygen atoms in total. The molecule has 3 heterocycles. The zero-order valence-corrected chi connectivity index (χ0v) is 10.1. The number of rotatable bonds is 1. The lowest BCUT2D eigenvalue weighted by Gasteiger charge is -2.41. The van der Waals surface area contributed by atoms with Crippen LogP contribution in [-0.4, -0.2) is 34.9 Å². The average molecular weight is 244 g/mol. The molecule has 5 heteroatoms. The fourth-order valence-corrected chi connectivity index (χ4v) is 2.55. The molecule has 18 heavy (non-hydrogen) atoms. The number of nitrogens with zero attached hydrogens (tertiary/aromatic N) is 3. The van der Waals surface area contributed by atoms with Crippen molar-refractivity contribution in [2.45, 2.75) is 18.9 Å². The van der Waals surface area contributed by atoms with Crippen molar-refractivity contribution in [1.82, 2.24) is 9.88 Å². The number of hydrogen-bond donors (Lipinski definition) is 1. The lowest BCUT2D eigenvalue weighted by Crippen LogP contribution is -2.56. The van der Waals surface area contributed by atoms with Gasteiger partial charge in [0.05, 0.1) is 11.9 Å². The number of aromatic nitrogens is 1. The number of carbonyl (C=O) groups excluding carboxylic acids is 1. The van der Waals surface area contributed by atoms with Crippen LogP contribution in [-0.2, 0) is 4.79 Å². The molecule has 1 amide bonds. The summed E-state index contributed by atoms with van der Waals surface area (Å²) in [5.74, 6) is 0.641. The number of piperazine rings is 1. The highest BCUT2D eigenvalue weighted by Crippen LogP contribution is 2.25. The Hall–Kier alpha value is -2.04. The lowest BCUT2D eigenvalue weighted by atomic mass is 10.0. The summed E-state index contributed by atoms with van der Waals surface area (Å²) in [6.45, 7) is 1.57. The molecule has 0 saturated carbocycles. The molecule has 0 bridgehead atoms. The Morgan fingerprint density at radius 3 is 3.00 bits per heavy atom. The second kappa shape index (κ2) is 4.33. The Labute approximate surface area is 106 Å². The van der Waals surface area contributed by atoms with Crippen molar-refractivity contribution < 1.29 is 4.79 Å². The first-order valence-corrected chi connectivity index (χ1v) is 6.21. The van der Waals surface area contributed by atoms with Crippen molar-refractivity contribution in [3.63, 3.8) is 0 Å². The quantitative estimate of drug-likeness (QED) is 0.800. The van der Waals surface area contributed by atoms with Gasteiger partial charge in [-0.1, -0.05) is 6.08 Å². The molecule has 1 atom stereocenters. The van der Waals surface area contributed by atoms with Gasteiger partial charge < -0.3 is 15.5 Å². The van der Waals surface area contributed by atoms with Gasteiger partial charge in [-0.3, -0.25) is 4.79 Å². The highest BCUT2D eigenvalue weighted by atomic mass is 16.2. The normalized spacial score (nSPS) is 23.1. The largest absolute Gasteiger partial charge is 0.384 e. The lowest BCUT2D eigenvalue weighted by molar-refractivity contribution is -0.125. The maximum atomic E-state index is 12.4. The number of hydrogen-bond acceptors (Lipinski definition) is 4. The molecular weight excluding hydrogens is 228 g/mol. The minimum absolute atomic E-state index is 0.0127. The van der Waals surface area contributed by atoms with Gasteiger partial charge in [0.1, 0.15) is 11.9 Å². The molecular formula is C13H16N4O. The van der Waals surface area contributed by atoms with E-state index in [1.165, 1.54) is 0 Å². The van der Waals surface area contributed by atoms with Crippen LogP contribution in [0.2, 0.25) is 0 Å². The van der Waals surface area contributed by atoms with Gasteiger partial charge in [0.15, 0.2) is 0 Å². The van der Waals surface area contributed by atoms with Gasteiger partial charge in [-0.05, 0) is 31.2 Å². The van der Waals surface area contributed by atoms with Gasteiger partial charge >= 0.3 is 0 Å². The molecule has 1 fully saturated rings. The molecule has 3 rings (SSSR count). The third-order valence-corrected chi connectivity index (χ3v) is 3.52. The maximum Gasteiger partial charge on any atom is 0.249 e. The van der Waals surface area contributed by atoms with Crippen LogP contribution in [0.1, 0.15) is 12.8 Å². The Morgan fingerprint density at radius 2 is 2.22 bits per heavy atom. The first kappa shape index (κ1) is 11.1. The van der Waals surface area contributed by atoms with Crippen LogP contribution in [0.4, 0.5) is 11.5 Å². The third-order valence-electron chi connectivity index (χ3n) is 3.52. The minimum Gasteiger partial charge on any atom is -0.384 e. The summed E-state index contributed by atoms with van der Waals surface area (Å²) in [5.41, 5.74) is 6.40. The van der Waals surface area contributed by atoms with Crippen molar-refractivity contribution in [3.8, 4) is 0 Å². The van der Waals surface area contributed by atoms with Crippen molar-refractivity contribution >= 4 is 17.4 Å². The summed E-state index contributed by atoms with van der Waals surface area (Å²) >= 11 is 0. The van der Waals surface area contributed by atoms with E-state index in [2.05, 4.69) is 16.0 Å². The number of nitrogen functional groups attached to an aromatic ring is 1. The monoisotopic (exact) mass is 244 g/mol. The van der Waals surface area contributed by atoms with E-state index in [4.69, 9.17) is 5.73 Å². The van der Waals surface area contributed by atoms with E-state index in [1.807, 2.05) is 17.2 Å². The predicted octanol–water partition coefficient (Wildman–Crippen LogP) is 0.988. The summed E-state index contributed by atoms with van der Waals surface area (Å²) in [6.07, 6.45) is 7.71. The summed E-state index contributed by atoms with van der Waals surface area (Å²) in [6, 6.07) is 3.57. The molecule has 0 radical (unpaired) electrons. The van der Waals surface area contributed by atoms with E-state index in [0.29, 0.717) is 12.4 Å². The van der Waals surface area contributed by atoms with Gasteiger partial charge in [0.2, 0.25) is 5.91 Å². The molecule has 0 spiro atoms. The average Bonchev–Trinajstić information content (AvgIpc) is 2.41. The second-order valence-corrected chi connectivity index (χ2v) is 4.65. The van der Waals surface area contributed by atoms with Crippen LogP contribution in [0.25, 0.3) is 0 Å². The molecule has 1 aromatic rings. The van der Waals surface area contributed by atoms with E-state index in [1.54, 1.807) is 12.3 Å². The molecule has 1 saturated heterocycles. The van der Waals surface area contributed by atoms with Gasteiger partial charge in [-0.15, -0.1) is 0 Å². The Bertz CT molecular complexity index is 482. The Morgan fingerprint density at radius 1 is 1.33 bits per heavy atom. The first-order chi connectivity index (χ1) is 8.75. The van der Waals surface area contributed by atoms with E-state index >= 15 is 0 Å². The molecule has 2 aliphatic heterocycles. The van der Waals surface area contributed by atoms with E-state index < -0.39 is 0 Å². The first-order valence-electron chi connectivity index (χ1n) is 6.21. The number of anilines is 2. The molecule has 94 valence electrons. The number of allylic oxidation sites excluding steroid dienone is 1. The number of nitrogens with two attached hydrogens (primary N) is 1. The number of carbonyl (C=O) groups is 1. The van der Waals surface area contributed by atoms with E-state index in [9.17, 15) is 4.79 Å². The molecule has 1 unspecified atom stereocenters. The van der Waals surface area contributed by atoms with Crippen LogP contribution in [0.3, 0.4) is 0 Å². The van der Waals surface area contributed by atoms with Gasteiger partial charge in [-0.2, -0.15) is 0 Å². The van der Waals surface area contributed by atoms with Crippen LogP contribution < -0.4 is 10.6 Å². The third kappa shape index (κ3) is 1.81. The Kier molecular flexibility index (Phi) is 2.66. The van der Waals surface area contributed by atoms with Crippen molar-refractivity contribution in [2.75, 3.05) is 23.7 Å². The van der Waals surface area contributed by atoms with Crippen molar-refractivity contribution in [1.29, 1.82) is 0 Å². The Balaban J connectivity index is 1.84. The van der Waals surface area contributed by atoms with Gasteiger partial charge in [-0.25, -0.2) is 4.98 Å². The second-order valence-electron chi connectivity index (χ2n) is 4.65. The van der Waals surface area contributed by atoms with Crippen LogP contribution in [0.15, 0.2) is 30.6 Å². The zero-order valence-electron chi connectivity index (χ0n) is 10.1.